The second-order valence-corrected chi connectivity index (χ2v) is 5.00. The molecule has 1 aromatic carbocycles. The van der Waals surface area contributed by atoms with Crippen LogP contribution in [0.4, 0.5) is 22.0 Å². The largest absolute Gasteiger partial charge is 0.481 e. The summed E-state index contributed by atoms with van der Waals surface area (Å²) in [5.41, 5.74) is -1.35. The number of ether oxygens (including phenoxy) is 1. The smallest absolute Gasteiger partial charge is 0.386 e. The molecule has 0 amide bonds. The van der Waals surface area contributed by atoms with E-state index in [1.54, 1.807) is 0 Å². The molecule has 0 aliphatic carbocycles. The van der Waals surface area contributed by atoms with Crippen molar-refractivity contribution in [3.05, 3.63) is 35.1 Å². The van der Waals surface area contributed by atoms with E-state index in [2.05, 4.69) is 4.74 Å². The number of benzene rings is 1. The van der Waals surface area contributed by atoms with E-state index in [9.17, 15) is 26.7 Å². The zero-order valence-corrected chi connectivity index (χ0v) is 12.3. The molecule has 1 aromatic rings. The maximum Gasteiger partial charge on any atom is 0.386 e. The highest BCUT2D eigenvalue weighted by molar-refractivity contribution is 5.66. The topological polar surface area (TPSA) is 46.5 Å². The molecule has 0 saturated carbocycles. The number of halogens is 5. The first-order chi connectivity index (χ1) is 10.8. The summed E-state index contributed by atoms with van der Waals surface area (Å²) in [7, 11) is 0. The van der Waals surface area contributed by atoms with Gasteiger partial charge in [-0.25, -0.2) is 13.2 Å². The fourth-order valence-electron chi connectivity index (χ4n) is 1.94. The first-order valence-corrected chi connectivity index (χ1v) is 7.13. The molecule has 0 fully saturated rings. The van der Waals surface area contributed by atoms with E-state index >= 15 is 0 Å². The summed E-state index contributed by atoms with van der Waals surface area (Å²) in [6.45, 7) is -0.385. The van der Waals surface area contributed by atoms with Crippen LogP contribution in [0.3, 0.4) is 0 Å². The number of unbranched alkanes of at least 4 members (excludes halogenated alkanes) is 4. The first kappa shape index (κ1) is 19.3. The lowest BCUT2D eigenvalue weighted by molar-refractivity contribution is -0.250. The van der Waals surface area contributed by atoms with Gasteiger partial charge in [0.25, 0.3) is 0 Å². The van der Waals surface area contributed by atoms with Crippen LogP contribution in [0, 0.1) is 17.5 Å². The molecule has 0 bridgehead atoms. The Morgan fingerprint density at radius 3 is 2.26 bits per heavy atom. The molecule has 1 rings (SSSR count). The zero-order chi connectivity index (χ0) is 17.5. The van der Waals surface area contributed by atoms with Crippen molar-refractivity contribution in [1.29, 1.82) is 0 Å². The van der Waals surface area contributed by atoms with Crippen molar-refractivity contribution in [3.8, 4) is 0 Å². The van der Waals surface area contributed by atoms with Gasteiger partial charge in [-0.1, -0.05) is 19.3 Å². The maximum atomic E-state index is 13.6. The Morgan fingerprint density at radius 2 is 1.61 bits per heavy atom. The zero-order valence-electron chi connectivity index (χ0n) is 12.3. The molecule has 3 nitrogen and oxygen atoms in total. The van der Waals surface area contributed by atoms with Gasteiger partial charge < -0.3 is 9.84 Å². The van der Waals surface area contributed by atoms with E-state index in [4.69, 9.17) is 5.11 Å². The molecular weight excluding hydrogens is 323 g/mol. The van der Waals surface area contributed by atoms with Crippen molar-refractivity contribution in [1.82, 2.24) is 0 Å². The van der Waals surface area contributed by atoms with Gasteiger partial charge in [-0.15, -0.1) is 0 Å². The van der Waals surface area contributed by atoms with E-state index in [1.165, 1.54) is 0 Å². The van der Waals surface area contributed by atoms with Crippen LogP contribution in [0.2, 0.25) is 0 Å². The lowest BCUT2D eigenvalue weighted by atomic mass is 10.1. The van der Waals surface area contributed by atoms with E-state index in [0.29, 0.717) is 37.8 Å². The lowest BCUT2D eigenvalue weighted by Gasteiger charge is -2.18. The minimum atomic E-state index is -4.05. The molecule has 1 N–H and O–H groups in total. The quantitative estimate of drug-likeness (QED) is 0.385. The van der Waals surface area contributed by atoms with Crippen LogP contribution in [-0.2, 0) is 15.6 Å². The molecule has 0 atom stereocenters. The normalized spacial score (nSPS) is 11.7. The number of aliphatic carboxylic acids is 1. The van der Waals surface area contributed by atoms with Crippen LogP contribution in [-0.4, -0.2) is 17.7 Å². The summed E-state index contributed by atoms with van der Waals surface area (Å²) >= 11 is 0. The van der Waals surface area contributed by atoms with Crippen LogP contribution in [0.5, 0.6) is 0 Å². The molecule has 0 aliphatic rings. The summed E-state index contributed by atoms with van der Waals surface area (Å²) in [4.78, 5) is 10.3. The van der Waals surface area contributed by atoms with Gasteiger partial charge in [0.2, 0.25) is 0 Å². The molecule has 0 spiro atoms. The summed E-state index contributed by atoms with van der Waals surface area (Å²) in [5, 5.41) is 8.43. The monoisotopic (exact) mass is 340 g/mol. The Labute approximate surface area is 130 Å². The number of carbonyl (C=O) groups is 1. The second-order valence-electron chi connectivity index (χ2n) is 5.00. The minimum Gasteiger partial charge on any atom is -0.481 e. The first-order valence-electron chi connectivity index (χ1n) is 7.13. The average Bonchev–Trinajstić information content (AvgIpc) is 2.47. The van der Waals surface area contributed by atoms with Crippen LogP contribution >= 0.6 is 0 Å². The summed E-state index contributed by atoms with van der Waals surface area (Å²) < 4.78 is 70.5. The predicted molar refractivity (Wildman–Crippen MR) is 71.5 cm³/mol. The molecular formula is C15H17F5O3. The Balaban J connectivity index is 2.36. The molecule has 130 valence electrons. The molecule has 0 unspecified atom stereocenters. The Hall–Kier alpha value is -1.70. The molecule has 0 heterocycles. The van der Waals surface area contributed by atoms with E-state index in [1.807, 2.05) is 0 Å². The van der Waals surface area contributed by atoms with Gasteiger partial charge in [0.15, 0.2) is 17.5 Å². The Kier molecular flexibility index (Phi) is 7.41. The highest BCUT2D eigenvalue weighted by Crippen LogP contribution is 2.33. The van der Waals surface area contributed by atoms with Gasteiger partial charge in [0.1, 0.15) is 0 Å². The van der Waals surface area contributed by atoms with Crippen LogP contribution in [0.1, 0.15) is 44.1 Å². The number of rotatable bonds is 10. The standard InChI is InChI=1S/C15H17F5O3/c16-11-8-7-10(13(17)14(11)18)15(19,20)23-9-5-3-1-2-4-6-12(21)22/h7-8H,1-6,9H2,(H,21,22). The summed E-state index contributed by atoms with van der Waals surface area (Å²) in [6, 6.07) is 0.854. The minimum absolute atomic E-state index is 0.0595. The molecule has 0 radical (unpaired) electrons. The average molecular weight is 340 g/mol. The summed E-state index contributed by atoms with van der Waals surface area (Å²) in [6.07, 6.45) is -1.38. The number of carboxylic acids is 1. The fraction of sp³-hybridized carbons (Fsp3) is 0.533. The van der Waals surface area contributed by atoms with E-state index < -0.39 is 35.1 Å². The maximum absolute atomic E-state index is 13.6. The Morgan fingerprint density at radius 1 is 1.00 bits per heavy atom. The third-order valence-corrected chi connectivity index (χ3v) is 3.17. The number of alkyl halides is 2. The highest BCUT2D eigenvalue weighted by atomic mass is 19.3. The van der Waals surface area contributed by atoms with Gasteiger partial charge in [0, 0.05) is 6.42 Å². The second kappa shape index (κ2) is 8.81. The van der Waals surface area contributed by atoms with Crippen molar-refractivity contribution >= 4 is 5.97 Å². The van der Waals surface area contributed by atoms with Crippen LogP contribution < -0.4 is 0 Å². The van der Waals surface area contributed by atoms with Crippen LogP contribution in [0.15, 0.2) is 12.1 Å². The van der Waals surface area contributed by atoms with Gasteiger partial charge in [-0.2, -0.15) is 8.78 Å². The van der Waals surface area contributed by atoms with Gasteiger partial charge in [-0.3, -0.25) is 4.79 Å². The van der Waals surface area contributed by atoms with Crippen molar-refractivity contribution in [2.75, 3.05) is 6.61 Å². The molecule has 0 saturated heterocycles. The third kappa shape index (κ3) is 6.13. The van der Waals surface area contributed by atoms with Crippen molar-refractivity contribution < 1.29 is 36.6 Å². The molecule has 8 heteroatoms. The van der Waals surface area contributed by atoms with Gasteiger partial charge in [0.05, 0.1) is 12.2 Å². The van der Waals surface area contributed by atoms with E-state index in [0.717, 1.165) is 0 Å². The fourth-order valence-corrected chi connectivity index (χ4v) is 1.94. The predicted octanol–water partition coefficient (Wildman–Crippen LogP) is 4.60. The number of hydrogen-bond acceptors (Lipinski definition) is 2. The highest BCUT2D eigenvalue weighted by Gasteiger charge is 2.37. The molecule has 0 aliphatic heterocycles. The van der Waals surface area contributed by atoms with Crippen molar-refractivity contribution in [2.45, 2.75) is 44.6 Å². The molecule has 23 heavy (non-hydrogen) atoms. The number of carboxylic acid groups (broad SMARTS) is 1. The van der Waals surface area contributed by atoms with Crippen molar-refractivity contribution in [3.63, 3.8) is 0 Å². The SMILES string of the molecule is O=C(O)CCCCCCCOC(F)(F)c1ccc(F)c(F)c1F. The summed E-state index contributed by atoms with van der Waals surface area (Å²) in [5.74, 6) is -6.38. The van der Waals surface area contributed by atoms with Crippen molar-refractivity contribution in [2.24, 2.45) is 0 Å². The van der Waals surface area contributed by atoms with Gasteiger partial charge >= 0.3 is 12.1 Å². The number of hydrogen-bond donors (Lipinski definition) is 1. The molecule has 0 aromatic heterocycles. The van der Waals surface area contributed by atoms with Crippen LogP contribution in [0.25, 0.3) is 0 Å². The van der Waals surface area contributed by atoms with E-state index in [-0.39, 0.29) is 19.4 Å². The Bertz CT molecular complexity index is 534. The van der Waals surface area contributed by atoms with Gasteiger partial charge in [-0.05, 0) is 25.0 Å². The lowest BCUT2D eigenvalue weighted by Crippen LogP contribution is -2.21. The third-order valence-electron chi connectivity index (χ3n) is 3.17.